The van der Waals surface area contributed by atoms with Crippen LogP contribution in [0.5, 0.6) is 0 Å². The van der Waals surface area contributed by atoms with Crippen LogP contribution in [0.1, 0.15) is 157 Å². The van der Waals surface area contributed by atoms with Crippen molar-refractivity contribution in [3.05, 3.63) is 232 Å². The first kappa shape index (κ1) is 54.4. The Labute approximate surface area is 495 Å². The molecular weight excluding hydrogens is 1000 g/mol. The Balaban J connectivity index is 1.20. The normalized spacial score (nSPS) is 14.8. The summed E-state index contributed by atoms with van der Waals surface area (Å²) in [6, 6.07) is 73.1. The molecule has 0 amide bonds. The zero-order chi connectivity index (χ0) is 58.7. The highest BCUT2D eigenvalue weighted by Crippen LogP contribution is 2.59. The van der Waals surface area contributed by atoms with E-state index in [2.05, 4.69) is 320 Å². The van der Waals surface area contributed by atoms with E-state index in [9.17, 15) is 0 Å². The van der Waals surface area contributed by atoms with Crippen molar-refractivity contribution in [2.45, 2.75) is 150 Å². The number of hydrogen-bond donors (Lipinski definition) is 0. The number of anilines is 5. The molecule has 3 nitrogen and oxygen atoms in total. The number of benzene rings is 9. The Morgan fingerprint density at radius 1 is 0.410 bits per heavy atom. The Hall–Kier alpha value is -7.82. The zero-order valence-corrected chi connectivity index (χ0v) is 52.3. The molecule has 0 unspecified atom stereocenters. The summed E-state index contributed by atoms with van der Waals surface area (Å²) < 4.78 is 2.82. The van der Waals surface area contributed by atoms with Gasteiger partial charge in [0.1, 0.15) is 0 Å². The summed E-state index contributed by atoms with van der Waals surface area (Å²) >= 11 is 0. The molecule has 13 rings (SSSR count). The lowest BCUT2D eigenvalue weighted by molar-refractivity contribution is 0.588. The van der Waals surface area contributed by atoms with Gasteiger partial charge in [0.25, 0.3) is 0 Å². The largest absolute Gasteiger partial charge is 0.375 e. The number of rotatable bonds is 6. The van der Waals surface area contributed by atoms with E-state index in [1.807, 2.05) is 0 Å². The SMILES string of the molecule is CC(C)(C)c1ccc(N2C3=C(B4c5c(cc(C(C)(C)C)cc52)-c2ccc(N(c5ccc(C(C)(C)C)cc5)c5cc(-c6ccccc6)ccc5-c5ccccc5)c5c6cc(C(C)(C)C)ccc6n4c25)C(C)(C)c2ccc(C(C)(C)C)cc23)cc1. The van der Waals surface area contributed by atoms with Gasteiger partial charge in [-0.15, -0.1) is 0 Å². The summed E-state index contributed by atoms with van der Waals surface area (Å²) in [5, 5.41) is 2.55. The van der Waals surface area contributed by atoms with Crippen molar-refractivity contribution >= 4 is 68.3 Å². The van der Waals surface area contributed by atoms with E-state index in [4.69, 9.17) is 0 Å². The second-order valence-electron chi connectivity index (χ2n) is 29.9. The maximum absolute atomic E-state index is 2.82. The number of allylic oxidation sites excluding steroid dienone is 1. The minimum atomic E-state index is -0.348. The van der Waals surface area contributed by atoms with Crippen molar-refractivity contribution in [3.63, 3.8) is 0 Å². The lowest BCUT2D eigenvalue weighted by Gasteiger charge is -2.44. The monoisotopic (exact) mass is 1080 g/mol. The molecule has 3 aliphatic rings. The molecule has 0 atom stereocenters. The highest BCUT2D eigenvalue weighted by molar-refractivity contribution is 6.85. The van der Waals surface area contributed by atoms with Crippen molar-refractivity contribution in [1.29, 1.82) is 0 Å². The van der Waals surface area contributed by atoms with Crippen molar-refractivity contribution < 1.29 is 0 Å². The molecule has 416 valence electrons. The van der Waals surface area contributed by atoms with E-state index < -0.39 is 0 Å². The molecule has 4 heteroatoms. The molecule has 10 aromatic rings. The first-order valence-electron chi connectivity index (χ1n) is 30.4. The fourth-order valence-corrected chi connectivity index (χ4v) is 13.9. The van der Waals surface area contributed by atoms with Gasteiger partial charge in [0, 0.05) is 66.7 Å². The van der Waals surface area contributed by atoms with Gasteiger partial charge in [-0.1, -0.05) is 245 Å². The van der Waals surface area contributed by atoms with Gasteiger partial charge in [-0.05, 0) is 154 Å². The molecule has 9 aromatic carbocycles. The first-order chi connectivity index (χ1) is 39.1. The molecule has 0 fully saturated rings. The van der Waals surface area contributed by atoms with Crippen LogP contribution in [0.2, 0.25) is 0 Å². The van der Waals surface area contributed by atoms with Crippen LogP contribution in [0.25, 0.3) is 60.9 Å². The third-order valence-electron chi connectivity index (χ3n) is 18.8. The van der Waals surface area contributed by atoms with Crippen LogP contribution < -0.4 is 15.3 Å². The average molecular weight is 1080 g/mol. The second kappa shape index (κ2) is 18.6. The van der Waals surface area contributed by atoms with Crippen LogP contribution in [0.4, 0.5) is 28.4 Å². The van der Waals surface area contributed by atoms with Crippen LogP contribution in [0, 0.1) is 0 Å². The second-order valence-corrected chi connectivity index (χ2v) is 29.9. The van der Waals surface area contributed by atoms with E-state index in [0.29, 0.717) is 0 Å². The van der Waals surface area contributed by atoms with Gasteiger partial charge < -0.3 is 14.3 Å². The van der Waals surface area contributed by atoms with Crippen LogP contribution in [0.3, 0.4) is 0 Å². The van der Waals surface area contributed by atoms with Crippen molar-refractivity contribution in [3.8, 4) is 33.4 Å². The number of fused-ring (bicyclic) bond motifs is 8. The number of aromatic nitrogens is 1. The predicted octanol–water partition coefficient (Wildman–Crippen LogP) is 21.2. The van der Waals surface area contributed by atoms with E-state index in [0.717, 1.165) is 17.1 Å². The fraction of sp³-hybridized carbons (Fsp3) is 0.291. The first-order valence-corrected chi connectivity index (χ1v) is 30.4. The molecule has 3 heterocycles. The summed E-state index contributed by atoms with van der Waals surface area (Å²) in [5.41, 5.74) is 28.6. The molecule has 1 aliphatic carbocycles. The molecule has 0 radical (unpaired) electrons. The van der Waals surface area contributed by atoms with Crippen molar-refractivity contribution in [2.24, 2.45) is 0 Å². The van der Waals surface area contributed by atoms with Gasteiger partial charge in [0.05, 0.1) is 11.4 Å². The van der Waals surface area contributed by atoms with Gasteiger partial charge in [-0.3, -0.25) is 0 Å². The smallest absolute Gasteiger partial charge is 0.329 e. The Morgan fingerprint density at radius 2 is 0.940 bits per heavy atom. The van der Waals surface area contributed by atoms with Crippen molar-refractivity contribution in [1.82, 2.24) is 4.48 Å². The van der Waals surface area contributed by atoms with E-state index in [1.54, 1.807) is 0 Å². The lowest BCUT2D eigenvalue weighted by atomic mass is 9.40. The minimum absolute atomic E-state index is 0.0142. The highest BCUT2D eigenvalue weighted by Gasteiger charge is 2.54. The van der Waals surface area contributed by atoms with Gasteiger partial charge in [-0.2, -0.15) is 0 Å². The van der Waals surface area contributed by atoms with Crippen LogP contribution >= 0.6 is 0 Å². The topological polar surface area (TPSA) is 11.4 Å². The van der Waals surface area contributed by atoms with Gasteiger partial charge in [0.2, 0.25) is 0 Å². The average Bonchev–Trinajstić information content (AvgIpc) is 3.03. The lowest BCUT2D eigenvalue weighted by Crippen LogP contribution is -2.52. The molecule has 0 saturated carbocycles. The summed E-state index contributed by atoms with van der Waals surface area (Å²) in [5.74, 6) is 0. The summed E-state index contributed by atoms with van der Waals surface area (Å²) in [4.78, 5) is 5.30. The predicted molar refractivity (Wildman–Crippen MR) is 360 cm³/mol. The molecule has 0 saturated heterocycles. The van der Waals surface area contributed by atoms with Gasteiger partial charge in [-0.25, -0.2) is 0 Å². The molecular formula is C79H82BN3. The fourth-order valence-electron chi connectivity index (χ4n) is 13.9. The van der Waals surface area contributed by atoms with E-state index in [1.165, 1.54) is 122 Å². The zero-order valence-electron chi connectivity index (χ0n) is 52.3. The molecule has 0 bridgehead atoms. The molecule has 1 aromatic heterocycles. The number of nitrogens with zero attached hydrogens (tertiary/aromatic N) is 3. The molecule has 2 aliphatic heterocycles. The Morgan fingerprint density at radius 3 is 1.54 bits per heavy atom. The van der Waals surface area contributed by atoms with Gasteiger partial charge >= 0.3 is 6.85 Å². The van der Waals surface area contributed by atoms with E-state index in [-0.39, 0.29) is 39.3 Å². The Kier molecular flexibility index (Phi) is 12.2. The number of hydrogen-bond acceptors (Lipinski definition) is 2. The highest BCUT2D eigenvalue weighted by atomic mass is 15.2. The minimum Gasteiger partial charge on any atom is -0.375 e. The third kappa shape index (κ3) is 8.75. The quantitative estimate of drug-likeness (QED) is 0.154. The molecule has 0 spiro atoms. The summed E-state index contributed by atoms with van der Waals surface area (Å²) in [6.07, 6.45) is 0. The maximum Gasteiger partial charge on any atom is 0.329 e. The van der Waals surface area contributed by atoms with Crippen LogP contribution in [-0.2, 0) is 32.5 Å². The molecule has 83 heavy (non-hydrogen) atoms. The van der Waals surface area contributed by atoms with Crippen molar-refractivity contribution in [2.75, 3.05) is 9.80 Å². The molecule has 0 N–H and O–H groups in total. The Bertz CT molecular complexity index is 4270. The van der Waals surface area contributed by atoms with Gasteiger partial charge in [0.15, 0.2) is 0 Å². The van der Waals surface area contributed by atoms with Crippen LogP contribution in [0.15, 0.2) is 194 Å². The third-order valence-corrected chi connectivity index (χ3v) is 18.8. The standard InChI is InChI=1S/C79H82BN3/c1-74(2,3)52-29-35-57(36-30-52)81(67-44-51(49-24-20-18-21-25-49)28-39-59(67)50-26-22-19-23-27-50)66-43-40-60-61-47-56(78(13,14)15)48-68-70(61)80(83-65-42-34-55(77(10,11)12)46-63(65)69(66)71(60)83)73-72(82(68)58-37-31-53(32-38-58)75(4,5)6)62-45-54(76(7,8)9)33-41-64(62)79(73,16)17/h18-48H,1-17H3. The van der Waals surface area contributed by atoms with Crippen LogP contribution in [-0.4, -0.2) is 11.3 Å². The maximum atomic E-state index is 2.82. The summed E-state index contributed by atoms with van der Waals surface area (Å²) in [6.45, 7) is 40.2. The summed E-state index contributed by atoms with van der Waals surface area (Å²) in [7, 11) is 0. The van der Waals surface area contributed by atoms with E-state index >= 15 is 0 Å².